The van der Waals surface area contributed by atoms with Gasteiger partial charge in [0.1, 0.15) is 10.6 Å². The molecule has 1 aromatic carbocycles. The minimum atomic E-state index is -0.483. The summed E-state index contributed by atoms with van der Waals surface area (Å²) in [6, 6.07) is 7.26. The molecule has 0 saturated carbocycles. The largest absolute Gasteiger partial charge is 0.465 e. The fraction of sp³-hybridized carbons (Fsp3) is 0.294. The molecule has 23 heavy (non-hydrogen) atoms. The van der Waals surface area contributed by atoms with Crippen molar-refractivity contribution in [1.82, 2.24) is 0 Å². The standard InChI is InChI=1S/C17H18ClNO3S/c1-9(2)15(20)19-16-14(17(21)22-4)13(10(3)23-16)11-6-5-7-12(18)8-11/h5-9H,1-4H3,(H,19,20). The lowest BCUT2D eigenvalue weighted by Gasteiger charge is -2.09. The van der Waals surface area contributed by atoms with Gasteiger partial charge in [-0.15, -0.1) is 11.3 Å². The fourth-order valence-corrected chi connectivity index (χ4v) is 3.43. The van der Waals surface area contributed by atoms with Gasteiger partial charge in [-0.2, -0.15) is 0 Å². The van der Waals surface area contributed by atoms with Gasteiger partial charge >= 0.3 is 5.97 Å². The zero-order valence-electron chi connectivity index (χ0n) is 13.4. The van der Waals surface area contributed by atoms with Gasteiger partial charge in [0.15, 0.2) is 0 Å². The molecule has 0 spiro atoms. The van der Waals surface area contributed by atoms with Gasteiger partial charge in [0.25, 0.3) is 0 Å². The zero-order chi connectivity index (χ0) is 17.1. The van der Waals surface area contributed by atoms with E-state index in [2.05, 4.69) is 5.32 Å². The van der Waals surface area contributed by atoms with Crippen molar-refractivity contribution >= 4 is 39.8 Å². The van der Waals surface area contributed by atoms with Crippen LogP contribution in [-0.4, -0.2) is 19.0 Å². The summed E-state index contributed by atoms with van der Waals surface area (Å²) in [4.78, 5) is 25.2. The van der Waals surface area contributed by atoms with Gasteiger partial charge in [0.05, 0.1) is 7.11 Å². The number of carbonyl (C=O) groups is 2. The van der Waals surface area contributed by atoms with Crippen molar-refractivity contribution in [3.63, 3.8) is 0 Å². The Morgan fingerprint density at radius 2 is 2.00 bits per heavy atom. The van der Waals surface area contributed by atoms with Crippen LogP contribution in [0.2, 0.25) is 5.02 Å². The smallest absolute Gasteiger partial charge is 0.341 e. The minimum Gasteiger partial charge on any atom is -0.465 e. The molecule has 122 valence electrons. The Morgan fingerprint density at radius 1 is 1.30 bits per heavy atom. The Morgan fingerprint density at radius 3 is 2.57 bits per heavy atom. The lowest BCUT2D eigenvalue weighted by atomic mass is 10.0. The van der Waals surface area contributed by atoms with Gasteiger partial charge in [0.2, 0.25) is 5.91 Å². The number of thiophene rings is 1. The molecule has 0 saturated heterocycles. The van der Waals surface area contributed by atoms with Crippen LogP contribution in [0.3, 0.4) is 0 Å². The van der Waals surface area contributed by atoms with Gasteiger partial charge in [-0.1, -0.05) is 37.6 Å². The normalized spacial score (nSPS) is 10.7. The van der Waals surface area contributed by atoms with E-state index in [1.54, 1.807) is 26.0 Å². The monoisotopic (exact) mass is 351 g/mol. The summed E-state index contributed by atoms with van der Waals surface area (Å²) < 4.78 is 4.91. The van der Waals surface area contributed by atoms with E-state index in [9.17, 15) is 9.59 Å². The Hall–Kier alpha value is -1.85. The number of ether oxygens (including phenoxy) is 1. The van der Waals surface area contributed by atoms with Gasteiger partial charge in [0, 0.05) is 21.4 Å². The average Bonchev–Trinajstić information content (AvgIpc) is 2.82. The SMILES string of the molecule is COC(=O)c1c(NC(=O)C(C)C)sc(C)c1-c1cccc(Cl)c1. The van der Waals surface area contributed by atoms with E-state index >= 15 is 0 Å². The number of anilines is 1. The van der Waals surface area contributed by atoms with E-state index in [1.165, 1.54) is 18.4 Å². The fourth-order valence-electron chi connectivity index (χ4n) is 2.18. The van der Waals surface area contributed by atoms with E-state index in [0.717, 1.165) is 16.0 Å². The van der Waals surface area contributed by atoms with Crippen LogP contribution < -0.4 is 5.32 Å². The molecule has 0 radical (unpaired) electrons. The Balaban J connectivity index is 2.60. The van der Waals surface area contributed by atoms with E-state index < -0.39 is 5.97 Å². The Bertz CT molecular complexity index is 752. The number of rotatable bonds is 4. The van der Waals surface area contributed by atoms with Crippen molar-refractivity contribution in [2.45, 2.75) is 20.8 Å². The number of amides is 1. The molecular weight excluding hydrogens is 334 g/mol. The third-order valence-corrected chi connectivity index (χ3v) is 4.60. The quantitative estimate of drug-likeness (QED) is 0.808. The van der Waals surface area contributed by atoms with Crippen molar-refractivity contribution in [3.05, 3.63) is 39.7 Å². The molecule has 0 fully saturated rings. The number of benzene rings is 1. The first-order valence-electron chi connectivity index (χ1n) is 7.13. The Labute approximate surface area is 144 Å². The summed E-state index contributed by atoms with van der Waals surface area (Å²) in [7, 11) is 1.32. The van der Waals surface area contributed by atoms with Crippen LogP contribution >= 0.6 is 22.9 Å². The number of hydrogen-bond acceptors (Lipinski definition) is 4. The zero-order valence-corrected chi connectivity index (χ0v) is 15.0. The molecule has 0 aliphatic heterocycles. The first-order valence-corrected chi connectivity index (χ1v) is 8.33. The highest BCUT2D eigenvalue weighted by Gasteiger charge is 2.25. The maximum Gasteiger partial charge on any atom is 0.341 e. The predicted molar refractivity (Wildman–Crippen MR) is 94.3 cm³/mol. The molecule has 0 unspecified atom stereocenters. The van der Waals surface area contributed by atoms with Crippen molar-refractivity contribution in [3.8, 4) is 11.1 Å². The van der Waals surface area contributed by atoms with Crippen LogP contribution in [0.15, 0.2) is 24.3 Å². The third-order valence-electron chi connectivity index (χ3n) is 3.35. The summed E-state index contributed by atoms with van der Waals surface area (Å²) in [5.74, 6) is -0.810. The molecule has 0 aliphatic carbocycles. The van der Waals surface area contributed by atoms with Crippen LogP contribution in [0.25, 0.3) is 11.1 Å². The molecule has 0 aliphatic rings. The number of methoxy groups -OCH3 is 1. The number of aryl methyl sites for hydroxylation is 1. The molecule has 2 rings (SSSR count). The maximum atomic E-state index is 12.3. The maximum absolute atomic E-state index is 12.3. The summed E-state index contributed by atoms with van der Waals surface area (Å²) in [6.45, 7) is 5.50. The molecule has 0 bridgehead atoms. The van der Waals surface area contributed by atoms with Crippen LogP contribution in [0, 0.1) is 12.8 Å². The van der Waals surface area contributed by atoms with Crippen LogP contribution in [-0.2, 0) is 9.53 Å². The number of halogens is 1. The molecule has 6 heteroatoms. The topological polar surface area (TPSA) is 55.4 Å². The predicted octanol–water partition coefficient (Wildman–Crippen LogP) is 4.76. The average molecular weight is 352 g/mol. The van der Waals surface area contributed by atoms with Crippen LogP contribution in [0.4, 0.5) is 5.00 Å². The molecule has 4 nitrogen and oxygen atoms in total. The van der Waals surface area contributed by atoms with Crippen molar-refractivity contribution < 1.29 is 14.3 Å². The highest BCUT2D eigenvalue weighted by atomic mass is 35.5. The molecule has 1 amide bonds. The molecule has 1 aromatic heterocycles. The van der Waals surface area contributed by atoms with Crippen molar-refractivity contribution in [2.24, 2.45) is 5.92 Å². The van der Waals surface area contributed by atoms with E-state index in [-0.39, 0.29) is 11.8 Å². The first-order chi connectivity index (χ1) is 10.8. The van der Waals surface area contributed by atoms with Crippen molar-refractivity contribution in [1.29, 1.82) is 0 Å². The van der Waals surface area contributed by atoms with E-state index in [4.69, 9.17) is 16.3 Å². The number of nitrogens with one attached hydrogen (secondary N) is 1. The van der Waals surface area contributed by atoms with Crippen LogP contribution in [0.5, 0.6) is 0 Å². The second kappa shape index (κ2) is 7.15. The first kappa shape index (κ1) is 17.5. The summed E-state index contributed by atoms with van der Waals surface area (Å²) in [6.07, 6.45) is 0. The highest BCUT2D eigenvalue weighted by Crippen LogP contribution is 2.41. The highest BCUT2D eigenvalue weighted by molar-refractivity contribution is 7.17. The Kier molecular flexibility index (Phi) is 5.44. The summed E-state index contributed by atoms with van der Waals surface area (Å²) in [5.41, 5.74) is 1.92. The summed E-state index contributed by atoms with van der Waals surface area (Å²) in [5, 5.41) is 3.90. The molecule has 1 heterocycles. The van der Waals surface area contributed by atoms with Crippen LogP contribution in [0.1, 0.15) is 29.1 Å². The minimum absolute atomic E-state index is 0.144. The second-order valence-electron chi connectivity index (χ2n) is 5.38. The number of esters is 1. The lowest BCUT2D eigenvalue weighted by Crippen LogP contribution is -2.18. The molecular formula is C17H18ClNO3S. The number of hydrogen-bond donors (Lipinski definition) is 1. The lowest BCUT2D eigenvalue weighted by molar-refractivity contribution is -0.118. The molecule has 2 aromatic rings. The van der Waals surface area contributed by atoms with Gasteiger partial charge in [-0.3, -0.25) is 4.79 Å². The second-order valence-corrected chi connectivity index (χ2v) is 7.04. The van der Waals surface area contributed by atoms with Crippen molar-refractivity contribution in [2.75, 3.05) is 12.4 Å². The van der Waals surface area contributed by atoms with E-state index in [1.807, 2.05) is 19.1 Å². The van der Waals surface area contributed by atoms with Gasteiger partial charge < -0.3 is 10.1 Å². The summed E-state index contributed by atoms with van der Waals surface area (Å²) >= 11 is 7.42. The van der Waals surface area contributed by atoms with Gasteiger partial charge in [-0.25, -0.2) is 4.79 Å². The van der Waals surface area contributed by atoms with E-state index in [0.29, 0.717) is 15.6 Å². The number of carbonyl (C=O) groups excluding carboxylic acids is 2. The molecule has 1 N–H and O–H groups in total. The van der Waals surface area contributed by atoms with Gasteiger partial charge in [-0.05, 0) is 24.6 Å². The molecule has 0 atom stereocenters. The third kappa shape index (κ3) is 3.74.